The molecule has 0 amide bonds. The predicted molar refractivity (Wildman–Crippen MR) is 68.7 cm³/mol. The highest BCUT2D eigenvalue weighted by atomic mass is 32.2. The van der Waals surface area contributed by atoms with Crippen molar-refractivity contribution in [3.05, 3.63) is 0 Å². The van der Waals surface area contributed by atoms with Gasteiger partial charge in [-0.2, -0.15) is 0 Å². The van der Waals surface area contributed by atoms with E-state index in [4.69, 9.17) is 4.74 Å². The molecule has 16 heavy (non-hydrogen) atoms. The van der Waals surface area contributed by atoms with Crippen molar-refractivity contribution in [3.8, 4) is 0 Å². The van der Waals surface area contributed by atoms with Gasteiger partial charge in [-0.3, -0.25) is 4.79 Å². The summed E-state index contributed by atoms with van der Waals surface area (Å²) in [6, 6.07) is 0.629. The first-order chi connectivity index (χ1) is 7.69. The van der Waals surface area contributed by atoms with Crippen LogP contribution in [0.15, 0.2) is 0 Å². The lowest BCUT2D eigenvalue weighted by molar-refractivity contribution is -0.139. The molecule has 94 valence electrons. The molecule has 0 radical (unpaired) electrons. The van der Waals surface area contributed by atoms with Crippen LogP contribution in [0.1, 0.15) is 33.6 Å². The van der Waals surface area contributed by atoms with Crippen molar-refractivity contribution in [3.63, 3.8) is 0 Å². The second-order valence-corrected chi connectivity index (χ2v) is 5.48. The molecular weight excluding hydrogens is 222 g/mol. The van der Waals surface area contributed by atoms with Gasteiger partial charge in [0.1, 0.15) is 0 Å². The van der Waals surface area contributed by atoms with Crippen LogP contribution in [-0.4, -0.2) is 36.2 Å². The SMILES string of the molecule is CCNC1CCC(SCC(=O)OCC)C1C. The van der Waals surface area contributed by atoms with Crippen LogP contribution in [0, 0.1) is 5.92 Å². The van der Waals surface area contributed by atoms with Crippen LogP contribution in [0.5, 0.6) is 0 Å². The molecule has 0 spiro atoms. The largest absolute Gasteiger partial charge is 0.465 e. The minimum absolute atomic E-state index is 0.0772. The van der Waals surface area contributed by atoms with Gasteiger partial charge in [0.15, 0.2) is 0 Å². The molecule has 1 aliphatic carbocycles. The Labute approximate surface area is 103 Å². The first kappa shape index (κ1) is 13.8. The van der Waals surface area contributed by atoms with Gasteiger partial charge in [0, 0.05) is 11.3 Å². The molecular formula is C12H23NO2S. The van der Waals surface area contributed by atoms with E-state index >= 15 is 0 Å². The molecule has 1 rings (SSSR count). The van der Waals surface area contributed by atoms with Crippen molar-refractivity contribution in [2.24, 2.45) is 5.92 Å². The van der Waals surface area contributed by atoms with Crippen molar-refractivity contribution < 1.29 is 9.53 Å². The van der Waals surface area contributed by atoms with Crippen LogP contribution in [0.25, 0.3) is 0 Å². The van der Waals surface area contributed by atoms with Crippen LogP contribution in [0.4, 0.5) is 0 Å². The number of rotatable bonds is 6. The van der Waals surface area contributed by atoms with Crippen molar-refractivity contribution in [1.82, 2.24) is 5.32 Å². The Morgan fingerprint density at radius 3 is 2.81 bits per heavy atom. The third kappa shape index (κ3) is 3.98. The summed E-state index contributed by atoms with van der Waals surface area (Å²) in [5, 5.41) is 4.11. The van der Waals surface area contributed by atoms with E-state index < -0.39 is 0 Å². The van der Waals surface area contributed by atoms with Crippen molar-refractivity contribution >= 4 is 17.7 Å². The van der Waals surface area contributed by atoms with Crippen LogP contribution >= 0.6 is 11.8 Å². The fourth-order valence-corrected chi connectivity index (χ4v) is 3.52. The second kappa shape index (κ2) is 7.17. The molecule has 1 N–H and O–H groups in total. The Kier molecular flexibility index (Phi) is 6.21. The fraction of sp³-hybridized carbons (Fsp3) is 0.917. The number of nitrogens with one attached hydrogen (secondary N) is 1. The lowest BCUT2D eigenvalue weighted by atomic mass is 10.1. The van der Waals surface area contributed by atoms with Crippen molar-refractivity contribution in [2.75, 3.05) is 18.9 Å². The molecule has 1 fully saturated rings. The van der Waals surface area contributed by atoms with Crippen LogP contribution < -0.4 is 5.32 Å². The topological polar surface area (TPSA) is 38.3 Å². The molecule has 0 aromatic heterocycles. The van der Waals surface area contributed by atoms with E-state index in [0.717, 1.165) is 6.54 Å². The van der Waals surface area contributed by atoms with Gasteiger partial charge in [0.05, 0.1) is 12.4 Å². The average Bonchev–Trinajstić information content (AvgIpc) is 2.59. The zero-order valence-electron chi connectivity index (χ0n) is 10.5. The van der Waals surface area contributed by atoms with E-state index in [1.54, 1.807) is 11.8 Å². The molecule has 0 bridgehead atoms. The van der Waals surface area contributed by atoms with Crippen LogP contribution in [-0.2, 0) is 9.53 Å². The van der Waals surface area contributed by atoms with Gasteiger partial charge in [0.25, 0.3) is 0 Å². The summed E-state index contributed by atoms with van der Waals surface area (Å²) < 4.78 is 4.94. The third-order valence-electron chi connectivity index (χ3n) is 3.17. The first-order valence-electron chi connectivity index (χ1n) is 6.19. The average molecular weight is 245 g/mol. The molecule has 0 saturated heterocycles. The lowest BCUT2D eigenvalue weighted by Gasteiger charge is -2.20. The summed E-state index contributed by atoms with van der Waals surface area (Å²) in [6.45, 7) is 7.79. The standard InChI is InChI=1S/C12H23NO2S/c1-4-13-10-6-7-11(9(10)3)16-8-12(14)15-5-2/h9-11,13H,4-8H2,1-3H3. The summed E-state index contributed by atoms with van der Waals surface area (Å²) in [5.41, 5.74) is 0. The molecule has 1 saturated carbocycles. The second-order valence-electron chi connectivity index (χ2n) is 4.26. The maximum absolute atomic E-state index is 11.3. The van der Waals surface area contributed by atoms with Crippen LogP contribution in [0.2, 0.25) is 0 Å². The fourth-order valence-electron chi connectivity index (χ4n) is 2.29. The zero-order chi connectivity index (χ0) is 12.0. The smallest absolute Gasteiger partial charge is 0.315 e. The molecule has 3 nitrogen and oxygen atoms in total. The van der Waals surface area contributed by atoms with E-state index in [9.17, 15) is 4.79 Å². The highest BCUT2D eigenvalue weighted by Gasteiger charge is 2.32. The highest BCUT2D eigenvalue weighted by Crippen LogP contribution is 2.35. The number of thioether (sulfide) groups is 1. The summed E-state index contributed by atoms with van der Waals surface area (Å²) >= 11 is 1.76. The normalized spacial score (nSPS) is 29.3. The molecule has 0 aliphatic heterocycles. The molecule has 0 heterocycles. The van der Waals surface area contributed by atoms with Crippen LogP contribution in [0.3, 0.4) is 0 Å². The molecule has 4 heteroatoms. The summed E-state index contributed by atoms with van der Waals surface area (Å²) in [6.07, 6.45) is 2.44. The van der Waals surface area contributed by atoms with Gasteiger partial charge >= 0.3 is 5.97 Å². The molecule has 1 aliphatic rings. The quantitative estimate of drug-likeness (QED) is 0.727. The molecule has 3 atom stereocenters. The Balaban J connectivity index is 2.26. The Hall–Kier alpha value is -0.220. The van der Waals surface area contributed by atoms with E-state index in [1.165, 1.54) is 12.8 Å². The molecule has 3 unspecified atom stereocenters. The predicted octanol–water partition coefficient (Wildman–Crippen LogP) is 2.06. The van der Waals surface area contributed by atoms with E-state index in [0.29, 0.717) is 29.6 Å². The summed E-state index contributed by atoms with van der Waals surface area (Å²) in [7, 11) is 0. The third-order valence-corrected chi connectivity index (χ3v) is 4.67. The lowest BCUT2D eigenvalue weighted by Crippen LogP contribution is -2.33. The van der Waals surface area contributed by atoms with Gasteiger partial charge in [-0.05, 0) is 32.2 Å². The van der Waals surface area contributed by atoms with E-state index in [-0.39, 0.29) is 5.97 Å². The Morgan fingerprint density at radius 1 is 1.44 bits per heavy atom. The maximum atomic E-state index is 11.3. The van der Waals surface area contributed by atoms with Gasteiger partial charge in [-0.25, -0.2) is 0 Å². The minimum Gasteiger partial charge on any atom is -0.465 e. The zero-order valence-corrected chi connectivity index (χ0v) is 11.3. The monoisotopic (exact) mass is 245 g/mol. The number of carbonyl (C=O) groups excluding carboxylic acids is 1. The Morgan fingerprint density at radius 2 is 2.19 bits per heavy atom. The van der Waals surface area contributed by atoms with E-state index in [2.05, 4.69) is 19.2 Å². The van der Waals surface area contributed by atoms with Crippen molar-refractivity contribution in [2.45, 2.75) is 44.9 Å². The van der Waals surface area contributed by atoms with Gasteiger partial charge in [0.2, 0.25) is 0 Å². The van der Waals surface area contributed by atoms with Crippen molar-refractivity contribution in [1.29, 1.82) is 0 Å². The molecule has 0 aromatic carbocycles. The number of ether oxygens (including phenoxy) is 1. The number of hydrogen-bond donors (Lipinski definition) is 1. The van der Waals surface area contributed by atoms with Gasteiger partial charge < -0.3 is 10.1 Å². The van der Waals surface area contributed by atoms with E-state index in [1.807, 2.05) is 6.92 Å². The Bertz CT molecular complexity index is 223. The first-order valence-corrected chi connectivity index (χ1v) is 7.24. The van der Waals surface area contributed by atoms with Gasteiger partial charge in [-0.15, -0.1) is 11.8 Å². The van der Waals surface area contributed by atoms with Gasteiger partial charge in [-0.1, -0.05) is 13.8 Å². The highest BCUT2D eigenvalue weighted by molar-refractivity contribution is 8.00. The number of hydrogen-bond acceptors (Lipinski definition) is 4. The summed E-state index contributed by atoms with van der Waals surface area (Å²) in [5.74, 6) is 1.08. The molecule has 0 aromatic rings. The number of esters is 1. The summed E-state index contributed by atoms with van der Waals surface area (Å²) in [4.78, 5) is 11.3. The maximum Gasteiger partial charge on any atom is 0.315 e. The number of carbonyl (C=O) groups is 1. The minimum atomic E-state index is -0.0772.